The number of anilines is 1. The van der Waals surface area contributed by atoms with Crippen LogP contribution < -0.4 is 16.0 Å². The van der Waals surface area contributed by atoms with E-state index in [1.807, 2.05) is 4.90 Å². The Balaban J connectivity index is 2.18. The van der Waals surface area contributed by atoms with Gasteiger partial charge in [-0.3, -0.25) is 4.79 Å². The Bertz CT molecular complexity index is 1120. The van der Waals surface area contributed by atoms with Crippen molar-refractivity contribution in [3.05, 3.63) is 65.5 Å². The summed E-state index contributed by atoms with van der Waals surface area (Å²) in [4.78, 5) is 27.5. The van der Waals surface area contributed by atoms with E-state index in [0.717, 1.165) is 12.1 Å². The molecule has 0 aliphatic rings. The van der Waals surface area contributed by atoms with E-state index in [1.165, 1.54) is 12.1 Å². The molecule has 0 radical (unpaired) electrons. The van der Waals surface area contributed by atoms with Crippen molar-refractivity contribution >= 4 is 40.8 Å². The third-order valence-electron chi connectivity index (χ3n) is 4.81. The Morgan fingerprint density at radius 2 is 1.79 bits per heavy atom. The number of benzene rings is 2. The number of ether oxygens (including phenoxy) is 1. The van der Waals surface area contributed by atoms with Gasteiger partial charge in [0.25, 0.3) is 0 Å². The lowest BCUT2D eigenvalue weighted by molar-refractivity contribution is -0.147. The quantitative estimate of drug-likeness (QED) is 0.323. The number of alkyl halides is 2. The van der Waals surface area contributed by atoms with Gasteiger partial charge in [-0.15, -0.1) is 23.2 Å². The van der Waals surface area contributed by atoms with Crippen molar-refractivity contribution in [2.75, 3.05) is 36.3 Å². The van der Waals surface area contributed by atoms with Crippen LogP contribution in [0.2, 0.25) is 0 Å². The molecule has 9 heteroatoms. The van der Waals surface area contributed by atoms with Crippen LogP contribution in [-0.2, 0) is 27.2 Å². The van der Waals surface area contributed by atoms with Crippen LogP contribution >= 0.6 is 23.2 Å². The highest BCUT2D eigenvalue weighted by Crippen LogP contribution is 2.16. The van der Waals surface area contributed by atoms with Gasteiger partial charge >= 0.3 is 5.97 Å². The van der Waals surface area contributed by atoms with Crippen LogP contribution in [0.1, 0.15) is 26.2 Å². The first-order chi connectivity index (χ1) is 18.2. The highest BCUT2D eigenvalue weighted by molar-refractivity contribution is 6.18. The molecular weight excluding hydrogens is 468 g/mol. The summed E-state index contributed by atoms with van der Waals surface area (Å²) < 4.78 is 63.2. The molecule has 2 unspecified atom stereocenters. The van der Waals surface area contributed by atoms with E-state index >= 15 is 0 Å². The van der Waals surface area contributed by atoms with Gasteiger partial charge < -0.3 is 20.7 Å². The molecule has 2 atom stereocenters. The SMILES string of the molecule is [2H]c1cc(CC(N)C(=O)NC(Cc2ccc(F)cc2)C(=O)OC([2H])([2H])C([2H])([2H])[2H])ccc1N(CCCl)CCCl. The van der Waals surface area contributed by atoms with Gasteiger partial charge in [-0.05, 0) is 48.6 Å². The molecule has 3 N–H and O–H groups in total. The van der Waals surface area contributed by atoms with Crippen LogP contribution in [0.3, 0.4) is 0 Å². The van der Waals surface area contributed by atoms with E-state index in [9.17, 15) is 14.0 Å². The van der Waals surface area contributed by atoms with E-state index in [0.29, 0.717) is 41.7 Å². The smallest absolute Gasteiger partial charge is 0.328 e. The lowest BCUT2D eigenvalue weighted by Crippen LogP contribution is -2.50. The fourth-order valence-electron chi connectivity index (χ4n) is 3.13. The number of carbonyl (C=O) groups is 2. The summed E-state index contributed by atoms with van der Waals surface area (Å²) in [6.45, 7) is -5.60. The molecule has 2 rings (SSSR count). The Morgan fingerprint density at radius 3 is 2.39 bits per heavy atom. The number of rotatable bonds is 13. The number of halogens is 3. The second kappa shape index (κ2) is 14.0. The van der Waals surface area contributed by atoms with Gasteiger partial charge in [0, 0.05) is 41.1 Å². The van der Waals surface area contributed by atoms with E-state index in [-0.39, 0.29) is 18.9 Å². The maximum absolute atomic E-state index is 13.3. The van der Waals surface area contributed by atoms with Gasteiger partial charge in [-0.2, -0.15) is 0 Å². The standard InChI is InChI=1S/C24H30Cl2FN3O3/c1-2-33-24(32)22(16-18-3-7-19(27)8-4-18)29-23(31)21(28)15-17-5-9-20(10-6-17)30(13-11-25)14-12-26/h3-10,21-22H,2,11-16,28H2,1H3,(H,29,31)/i1D3,2D2,9D. The first kappa shape index (κ1) is 19.0. The number of hydrogen-bond donors (Lipinski definition) is 2. The Hall–Kier alpha value is -2.35. The van der Waals surface area contributed by atoms with Gasteiger partial charge in [0.05, 0.1) is 16.7 Å². The van der Waals surface area contributed by atoms with Crippen molar-refractivity contribution < 1.29 is 26.9 Å². The number of nitrogens with zero attached hydrogens (tertiary/aromatic N) is 1. The Kier molecular flexibility index (Phi) is 8.08. The lowest BCUT2D eigenvalue weighted by Gasteiger charge is -2.23. The molecule has 0 saturated heterocycles. The summed E-state index contributed by atoms with van der Waals surface area (Å²) >= 11 is 11.7. The number of nitrogens with two attached hydrogens (primary N) is 1. The average molecular weight is 504 g/mol. The zero-order chi connectivity index (χ0) is 29.4. The molecule has 0 bridgehead atoms. The molecule has 33 heavy (non-hydrogen) atoms. The normalized spacial score (nSPS) is 16.1. The number of hydrogen-bond acceptors (Lipinski definition) is 5. The Morgan fingerprint density at radius 1 is 1.15 bits per heavy atom. The molecule has 0 saturated carbocycles. The third kappa shape index (κ3) is 8.84. The molecule has 2 aromatic carbocycles. The van der Waals surface area contributed by atoms with Crippen molar-refractivity contribution in [1.82, 2.24) is 5.32 Å². The van der Waals surface area contributed by atoms with Crippen molar-refractivity contribution in [2.45, 2.75) is 31.8 Å². The summed E-state index contributed by atoms with van der Waals surface area (Å²) in [7, 11) is 0. The molecular formula is C24H30Cl2FN3O3. The topological polar surface area (TPSA) is 84.7 Å². The minimum absolute atomic E-state index is 0.00256. The van der Waals surface area contributed by atoms with Crippen LogP contribution in [0.4, 0.5) is 10.1 Å². The van der Waals surface area contributed by atoms with Gasteiger partial charge in [0.15, 0.2) is 0 Å². The highest BCUT2D eigenvalue weighted by Gasteiger charge is 2.25. The van der Waals surface area contributed by atoms with Crippen LogP contribution in [0, 0.1) is 5.82 Å². The lowest BCUT2D eigenvalue weighted by atomic mass is 10.0. The Labute approximate surface area is 212 Å². The van der Waals surface area contributed by atoms with Crippen LogP contribution in [0.25, 0.3) is 0 Å². The van der Waals surface area contributed by atoms with Crippen molar-refractivity contribution in [3.8, 4) is 0 Å². The summed E-state index contributed by atoms with van der Waals surface area (Å²) in [6.07, 6.45) is -0.241. The minimum atomic E-state index is -3.31. The molecule has 0 fully saturated rings. The minimum Gasteiger partial charge on any atom is -0.464 e. The highest BCUT2D eigenvalue weighted by atomic mass is 35.5. The largest absolute Gasteiger partial charge is 0.464 e. The second-order valence-electron chi connectivity index (χ2n) is 7.17. The van der Waals surface area contributed by atoms with Crippen LogP contribution in [-0.4, -0.2) is 55.4 Å². The number of carbonyl (C=O) groups excluding carboxylic acids is 2. The van der Waals surface area contributed by atoms with Crippen LogP contribution in [0.15, 0.2) is 48.5 Å². The van der Waals surface area contributed by atoms with Crippen molar-refractivity contribution in [2.24, 2.45) is 5.73 Å². The number of esters is 1. The molecule has 180 valence electrons. The van der Waals surface area contributed by atoms with Crippen molar-refractivity contribution in [3.63, 3.8) is 0 Å². The van der Waals surface area contributed by atoms with Gasteiger partial charge in [-0.1, -0.05) is 24.3 Å². The van der Waals surface area contributed by atoms with E-state index < -0.39 is 43.2 Å². The third-order valence-corrected chi connectivity index (χ3v) is 5.15. The van der Waals surface area contributed by atoms with Gasteiger partial charge in [-0.25, -0.2) is 9.18 Å². The zero-order valence-corrected chi connectivity index (χ0v) is 19.3. The molecule has 0 heterocycles. The van der Waals surface area contributed by atoms with Gasteiger partial charge in [0.2, 0.25) is 5.91 Å². The van der Waals surface area contributed by atoms with E-state index in [1.54, 1.807) is 18.2 Å². The van der Waals surface area contributed by atoms with Crippen LogP contribution in [0.5, 0.6) is 0 Å². The zero-order valence-electron chi connectivity index (χ0n) is 23.8. The average Bonchev–Trinajstić information content (AvgIpc) is 2.84. The second-order valence-corrected chi connectivity index (χ2v) is 7.93. The predicted molar refractivity (Wildman–Crippen MR) is 130 cm³/mol. The number of nitrogens with one attached hydrogen (secondary N) is 1. The molecule has 0 spiro atoms. The monoisotopic (exact) mass is 503 g/mol. The fourth-order valence-corrected chi connectivity index (χ4v) is 3.53. The number of amides is 1. The summed E-state index contributed by atoms with van der Waals surface area (Å²) in [5.41, 5.74) is 7.65. The molecule has 0 aliphatic heterocycles. The van der Waals surface area contributed by atoms with E-state index in [2.05, 4.69) is 10.1 Å². The van der Waals surface area contributed by atoms with Crippen molar-refractivity contribution in [1.29, 1.82) is 0 Å². The first-order valence-corrected chi connectivity index (χ1v) is 11.2. The molecule has 0 aromatic heterocycles. The van der Waals surface area contributed by atoms with Gasteiger partial charge in [0.1, 0.15) is 11.9 Å². The van der Waals surface area contributed by atoms with E-state index in [4.69, 9.17) is 37.2 Å². The predicted octanol–water partition coefficient (Wildman–Crippen LogP) is 3.27. The summed E-state index contributed by atoms with van der Waals surface area (Å²) in [5.74, 6) is -1.97. The fraction of sp³-hybridized carbons (Fsp3) is 0.417. The molecule has 2 aromatic rings. The molecule has 6 nitrogen and oxygen atoms in total. The summed E-state index contributed by atoms with van der Waals surface area (Å²) in [5, 5.41) is 2.38. The first-order valence-electron chi connectivity index (χ1n) is 13.2. The molecule has 0 aliphatic carbocycles. The summed E-state index contributed by atoms with van der Waals surface area (Å²) in [6, 6.07) is 7.42. The maximum atomic E-state index is 13.3. The molecule has 1 amide bonds. The maximum Gasteiger partial charge on any atom is 0.328 e.